The van der Waals surface area contributed by atoms with E-state index >= 15 is 0 Å². The van der Waals surface area contributed by atoms with Crippen LogP contribution < -0.4 is 14.4 Å². The summed E-state index contributed by atoms with van der Waals surface area (Å²) in [6.45, 7) is 6.17. The number of carbonyl (C=O) groups is 2. The van der Waals surface area contributed by atoms with Crippen LogP contribution in [-0.2, 0) is 15.3 Å². The summed E-state index contributed by atoms with van der Waals surface area (Å²) in [7, 11) is 0. The summed E-state index contributed by atoms with van der Waals surface area (Å²) in [6, 6.07) is 15.9. The van der Waals surface area contributed by atoms with Crippen molar-refractivity contribution in [2.45, 2.75) is 36.9 Å². The Bertz CT molecular complexity index is 1960. The molecule has 1 N–H and O–H groups in total. The predicted octanol–water partition coefficient (Wildman–Crippen LogP) is 6.35. The molecule has 4 heterocycles. The molecule has 2 aromatic carbocycles. The van der Waals surface area contributed by atoms with Crippen molar-refractivity contribution in [3.05, 3.63) is 101 Å². The van der Waals surface area contributed by atoms with E-state index < -0.39 is 17.7 Å². The summed E-state index contributed by atoms with van der Waals surface area (Å²) in [5, 5.41) is 20.4. The molecule has 0 radical (unpaired) electrons. The number of ketones is 1. The van der Waals surface area contributed by atoms with Crippen LogP contribution in [0.2, 0.25) is 0 Å². The zero-order valence-electron chi connectivity index (χ0n) is 24.6. The highest BCUT2D eigenvalue weighted by Crippen LogP contribution is 2.46. The lowest BCUT2D eigenvalue weighted by molar-refractivity contribution is -0.132. The first-order valence-corrected chi connectivity index (χ1v) is 16.0. The Morgan fingerprint density at radius 2 is 1.78 bits per heavy atom. The number of nitrogens with zero attached hydrogens (tertiary/aromatic N) is 5. The second-order valence-corrected chi connectivity index (χ2v) is 12.1. The molecule has 1 aliphatic heterocycles. The lowest BCUT2D eigenvalue weighted by Crippen LogP contribution is -2.29. The quantitative estimate of drug-likeness (QED) is 0.0609. The average Bonchev–Trinajstić information content (AvgIpc) is 3.71. The molecule has 1 amide bonds. The zero-order chi connectivity index (χ0) is 31.7. The summed E-state index contributed by atoms with van der Waals surface area (Å²) in [5.74, 6) is -1.24. The Morgan fingerprint density at radius 3 is 2.56 bits per heavy atom. The largest absolute Gasteiger partial charge is 0.505 e. The van der Waals surface area contributed by atoms with Crippen molar-refractivity contribution < 1.29 is 28.6 Å². The van der Waals surface area contributed by atoms with E-state index in [0.717, 1.165) is 11.3 Å². The first-order valence-electron chi connectivity index (χ1n) is 14.2. The molecule has 0 aliphatic carbocycles. The average molecular weight is 646 g/mol. The van der Waals surface area contributed by atoms with Crippen LogP contribution in [0.3, 0.4) is 0 Å². The fourth-order valence-corrected chi connectivity index (χ4v) is 7.08. The van der Waals surface area contributed by atoms with Crippen LogP contribution in [0, 0.1) is 12.7 Å². The Labute approximate surface area is 266 Å². The summed E-state index contributed by atoms with van der Waals surface area (Å²) < 4.78 is 27.9. The van der Waals surface area contributed by atoms with Gasteiger partial charge in [-0.2, -0.15) is 0 Å². The lowest BCUT2D eigenvalue weighted by Gasteiger charge is -2.23. The summed E-state index contributed by atoms with van der Waals surface area (Å²) in [4.78, 5) is 33.3. The van der Waals surface area contributed by atoms with Gasteiger partial charge in [-0.25, -0.2) is 9.37 Å². The van der Waals surface area contributed by atoms with E-state index in [4.69, 9.17) is 9.47 Å². The van der Waals surface area contributed by atoms with Crippen LogP contribution in [0.1, 0.15) is 42.4 Å². The Hall–Kier alpha value is -4.75. The number of aliphatic hydroxyl groups excluding tert-OH is 1. The van der Waals surface area contributed by atoms with E-state index in [0.29, 0.717) is 63.0 Å². The van der Waals surface area contributed by atoms with Gasteiger partial charge in [-0.15, -0.1) is 10.2 Å². The van der Waals surface area contributed by atoms with Gasteiger partial charge in [0, 0.05) is 11.9 Å². The number of hydrogen-bond acceptors (Lipinski definition) is 10. The standard InChI is InChI=1S/C32H28FN5O5S2/c1-4-42-22-14-13-19(16-23(22)43-5-2)27-25(28(39)26-18(3)34-24-12-8-9-15-37(24)26)29(40)30(41)38(27)31-35-36-32(45-31)44-17-20-10-6-7-11-21(20)33/h6-16,27,39H,4-5,17H2,1-3H3. The summed E-state index contributed by atoms with van der Waals surface area (Å²) in [5.41, 5.74) is 2.21. The Balaban J connectivity index is 1.48. The maximum atomic E-state index is 14.2. The predicted molar refractivity (Wildman–Crippen MR) is 169 cm³/mol. The maximum Gasteiger partial charge on any atom is 0.301 e. The number of aromatic nitrogens is 4. The van der Waals surface area contributed by atoms with Crippen molar-refractivity contribution in [2.75, 3.05) is 18.1 Å². The van der Waals surface area contributed by atoms with Gasteiger partial charge in [0.15, 0.2) is 21.6 Å². The molecule has 1 saturated heterocycles. The van der Waals surface area contributed by atoms with Crippen LogP contribution in [0.25, 0.3) is 11.4 Å². The van der Waals surface area contributed by atoms with Crippen LogP contribution in [-0.4, -0.2) is 49.6 Å². The first-order chi connectivity index (χ1) is 21.8. The zero-order valence-corrected chi connectivity index (χ0v) is 26.2. The molecule has 0 saturated carbocycles. The monoisotopic (exact) mass is 645 g/mol. The minimum absolute atomic E-state index is 0.129. The summed E-state index contributed by atoms with van der Waals surface area (Å²) >= 11 is 2.36. The smallest absolute Gasteiger partial charge is 0.301 e. The SMILES string of the molecule is CCOc1ccc(C2C(=C(O)c3c(C)nc4ccccn34)C(=O)C(=O)N2c2nnc(SCc3ccccc3F)s2)cc1OCC. The van der Waals surface area contributed by atoms with Gasteiger partial charge in [-0.05, 0) is 62.2 Å². The van der Waals surface area contributed by atoms with Crippen molar-refractivity contribution in [1.29, 1.82) is 0 Å². The number of rotatable bonds is 10. The minimum Gasteiger partial charge on any atom is -0.505 e. The van der Waals surface area contributed by atoms with Gasteiger partial charge < -0.3 is 14.6 Å². The number of ether oxygens (including phenoxy) is 2. The number of aliphatic hydroxyl groups is 1. The molecule has 3 aromatic heterocycles. The third kappa shape index (κ3) is 5.64. The molecule has 0 spiro atoms. The van der Waals surface area contributed by atoms with Crippen LogP contribution in [0.4, 0.5) is 9.52 Å². The number of thioether (sulfide) groups is 1. The minimum atomic E-state index is -1.08. The van der Waals surface area contributed by atoms with Gasteiger partial charge in [0.2, 0.25) is 5.13 Å². The molecule has 5 aromatic rings. The number of pyridine rings is 1. The van der Waals surface area contributed by atoms with Gasteiger partial charge >= 0.3 is 5.91 Å². The number of halogens is 1. The number of Topliss-reactive ketones (excluding diaryl/α,β-unsaturated/α-hetero) is 1. The van der Waals surface area contributed by atoms with Gasteiger partial charge in [0.1, 0.15) is 17.2 Å². The van der Waals surface area contributed by atoms with Crippen LogP contribution in [0.5, 0.6) is 11.5 Å². The molecule has 1 fully saturated rings. The number of aryl methyl sites for hydroxylation is 1. The fourth-order valence-electron chi connectivity index (χ4n) is 5.22. The van der Waals surface area contributed by atoms with Crippen LogP contribution >= 0.6 is 23.1 Å². The van der Waals surface area contributed by atoms with Crippen molar-refractivity contribution >= 4 is 51.3 Å². The number of anilines is 1. The highest BCUT2D eigenvalue weighted by atomic mass is 32.2. The Morgan fingerprint density at radius 1 is 1.02 bits per heavy atom. The Kier molecular flexibility index (Phi) is 8.55. The maximum absolute atomic E-state index is 14.2. The van der Waals surface area contributed by atoms with Crippen molar-refractivity contribution in [3.8, 4) is 11.5 Å². The molecule has 1 aliphatic rings. The molecule has 1 unspecified atom stereocenters. The van der Waals surface area contributed by atoms with Gasteiger partial charge in [-0.3, -0.25) is 18.9 Å². The van der Waals surface area contributed by atoms with E-state index in [9.17, 15) is 19.1 Å². The van der Waals surface area contributed by atoms with E-state index in [1.54, 1.807) is 66.1 Å². The lowest BCUT2D eigenvalue weighted by atomic mass is 9.96. The second-order valence-electron chi connectivity index (χ2n) is 9.95. The normalized spacial score (nSPS) is 16.1. The third-order valence-electron chi connectivity index (χ3n) is 7.17. The van der Waals surface area contributed by atoms with Gasteiger partial charge in [0.05, 0.1) is 30.5 Å². The van der Waals surface area contributed by atoms with Gasteiger partial charge in [0.25, 0.3) is 5.78 Å². The molecule has 13 heteroatoms. The molecule has 1 atom stereocenters. The highest BCUT2D eigenvalue weighted by molar-refractivity contribution is 8.00. The third-order valence-corrected chi connectivity index (χ3v) is 9.27. The van der Waals surface area contributed by atoms with E-state index in [1.807, 2.05) is 19.9 Å². The molecule has 10 nitrogen and oxygen atoms in total. The van der Waals surface area contributed by atoms with Crippen molar-refractivity contribution in [3.63, 3.8) is 0 Å². The van der Waals surface area contributed by atoms with E-state index in [-0.39, 0.29) is 22.3 Å². The number of imidazole rings is 1. The number of benzene rings is 2. The molecule has 6 rings (SSSR count). The molecular weight excluding hydrogens is 618 g/mol. The van der Waals surface area contributed by atoms with Gasteiger partial charge in [-0.1, -0.05) is 53.4 Å². The first kappa shape index (κ1) is 30.3. The number of amides is 1. The van der Waals surface area contributed by atoms with E-state index in [1.165, 1.54) is 22.7 Å². The highest BCUT2D eigenvalue weighted by Gasteiger charge is 2.49. The van der Waals surface area contributed by atoms with Crippen molar-refractivity contribution in [1.82, 2.24) is 19.6 Å². The van der Waals surface area contributed by atoms with E-state index in [2.05, 4.69) is 15.2 Å². The fraction of sp³-hybridized carbons (Fsp3) is 0.219. The second kappa shape index (κ2) is 12.7. The van der Waals surface area contributed by atoms with Crippen LogP contribution in [0.15, 0.2) is 76.8 Å². The number of carbonyl (C=O) groups excluding carboxylic acids is 2. The number of hydrogen-bond donors (Lipinski definition) is 1. The molecule has 45 heavy (non-hydrogen) atoms. The molecule has 0 bridgehead atoms. The molecular formula is C32H28FN5O5S2. The van der Waals surface area contributed by atoms with Crippen molar-refractivity contribution in [2.24, 2.45) is 0 Å². The topological polar surface area (TPSA) is 119 Å². The molecule has 230 valence electrons. The summed E-state index contributed by atoms with van der Waals surface area (Å²) in [6.07, 6.45) is 1.73. The number of fused-ring (bicyclic) bond motifs is 1.